The van der Waals surface area contributed by atoms with Crippen LogP contribution in [0.15, 0.2) is 12.4 Å². The third-order valence-electron chi connectivity index (χ3n) is 3.93. The van der Waals surface area contributed by atoms with Crippen LogP contribution in [0.1, 0.15) is 32.6 Å². The van der Waals surface area contributed by atoms with Crippen molar-refractivity contribution >= 4 is 5.82 Å². The van der Waals surface area contributed by atoms with Gasteiger partial charge in [0.05, 0.1) is 6.61 Å². The van der Waals surface area contributed by atoms with E-state index in [-0.39, 0.29) is 0 Å². The fourth-order valence-corrected chi connectivity index (χ4v) is 2.94. The van der Waals surface area contributed by atoms with Crippen LogP contribution in [0.4, 0.5) is 5.82 Å². The molecule has 5 nitrogen and oxygen atoms in total. The van der Waals surface area contributed by atoms with E-state index in [1.54, 1.807) is 6.33 Å². The van der Waals surface area contributed by atoms with Crippen molar-refractivity contribution in [3.8, 4) is 5.88 Å². The van der Waals surface area contributed by atoms with E-state index in [0.717, 1.165) is 25.3 Å². The zero-order valence-electron chi connectivity index (χ0n) is 11.5. The number of hydrogen-bond donors (Lipinski definition) is 1. The van der Waals surface area contributed by atoms with E-state index < -0.39 is 0 Å². The summed E-state index contributed by atoms with van der Waals surface area (Å²) in [5.41, 5.74) is 0. The highest BCUT2D eigenvalue weighted by Gasteiger charge is 2.29. The predicted molar refractivity (Wildman–Crippen MR) is 74.6 cm³/mol. The molecule has 0 amide bonds. The molecule has 1 N–H and O–H groups in total. The highest BCUT2D eigenvalue weighted by Crippen LogP contribution is 2.24. The van der Waals surface area contributed by atoms with Crippen LogP contribution in [0.5, 0.6) is 5.88 Å². The van der Waals surface area contributed by atoms with Crippen molar-refractivity contribution in [3.63, 3.8) is 0 Å². The highest BCUT2D eigenvalue weighted by molar-refractivity contribution is 5.41. The average Bonchev–Trinajstić information content (AvgIpc) is 2.76. The number of nitrogens with zero attached hydrogens (tertiary/aromatic N) is 3. The molecular formula is C14H22N4O. The normalized spacial score (nSPS) is 26.3. The van der Waals surface area contributed by atoms with Crippen molar-refractivity contribution in [2.24, 2.45) is 0 Å². The summed E-state index contributed by atoms with van der Waals surface area (Å²) in [6.45, 7) is 4.92. The van der Waals surface area contributed by atoms with Gasteiger partial charge in [-0.15, -0.1) is 0 Å². The molecule has 104 valence electrons. The van der Waals surface area contributed by atoms with Crippen molar-refractivity contribution in [1.29, 1.82) is 0 Å². The number of fused-ring (bicyclic) bond motifs is 2. The summed E-state index contributed by atoms with van der Waals surface area (Å²) in [4.78, 5) is 10.9. The molecule has 0 aliphatic carbocycles. The number of nitrogens with one attached hydrogen (secondary N) is 1. The van der Waals surface area contributed by atoms with Gasteiger partial charge in [-0.25, -0.2) is 9.97 Å². The first-order chi connectivity index (χ1) is 9.35. The zero-order valence-corrected chi connectivity index (χ0v) is 11.5. The molecule has 5 heteroatoms. The molecular weight excluding hydrogens is 240 g/mol. The summed E-state index contributed by atoms with van der Waals surface area (Å²) in [5, 5.41) is 3.69. The molecule has 0 aromatic carbocycles. The number of anilines is 1. The van der Waals surface area contributed by atoms with Crippen LogP contribution in [0, 0.1) is 0 Å². The standard InChI is InChI=1S/C14H22N4O/c1-2-7-19-14-8-13(15-10-16-14)18-6-5-11-3-4-12(9-18)17-11/h8,10-12,17H,2-7,9H2,1H3. The second-order valence-electron chi connectivity index (χ2n) is 5.44. The van der Waals surface area contributed by atoms with E-state index >= 15 is 0 Å². The number of rotatable bonds is 4. The average molecular weight is 262 g/mol. The topological polar surface area (TPSA) is 50.3 Å². The summed E-state index contributed by atoms with van der Waals surface area (Å²) in [7, 11) is 0. The largest absolute Gasteiger partial charge is 0.478 e. The fourth-order valence-electron chi connectivity index (χ4n) is 2.94. The van der Waals surface area contributed by atoms with E-state index in [4.69, 9.17) is 4.74 Å². The minimum absolute atomic E-state index is 0.613. The summed E-state index contributed by atoms with van der Waals surface area (Å²) in [5.74, 6) is 1.68. The lowest BCUT2D eigenvalue weighted by Crippen LogP contribution is -2.35. The van der Waals surface area contributed by atoms with Gasteiger partial charge >= 0.3 is 0 Å². The van der Waals surface area contributed by atoms with E-state index in [9.17, 15) is 0 Å². The Labute approximate surface area is 114 Å². The van der Waals surface area contributed by atoms with Crippen LogP contribution >= 0.6 is 0 Å². The lowest BCUT2D eigenvalue weighted by molar-refractivity contribution is 0.304. The lowest BCUT2D eigenvalue weighted by Gasteiger charge is -2.25. The second-order valence-corrected chi connectivity index (χ2v) is 5.44. The smallest absolute Gasteiger partial charge is 0.218 e. The van der Waals surface area contributed by atoms with Gasteiger partial charge in [0.1, 0.15) is 12.1 Å². The molecule has 2 unspecified atom stereocenters. The fraction of sp³-hybridized carbons (Fsp3) is 0.714. The van der Waals surface area contributed by atoms with Gasteiger partial charge in [0.2, 0.25) is 5.88 Å². The van der Waals surface area contributed by atoms with Crippen molar-refractivity contribution in [2.75, 3.05) is 24.6 Å². The maximum Gasteiger partial charge on any atom is 0.218 e. The van der Waals surface area contributed by atoms with Gasteiger partial charge in [-0.1, -0.05) is 6.92 Å². The molecule has 1 aromatic heterocycles. The molecule has 2 fully saturated rings. The Morgan fingerprint density at radius 1 is 1.32 bits per heavy atom. The Balaban J connectivity index is 1.70. The predicted octanol–water partition coefficient (Wildman–Crippen LogP) is 1.60. The van der Waals surface area contributed by atoms with Gasteiger partial charge in [0.15, 0.2) is 0 Å². The van der Waals surface area contributed by atoms with Crippen molar-refractivity contribution < 1.29 is 4.74 Å². The molecule has 3 rings (SSSR count). The monoisotopic (exact) mass is 262 g/mol. The molecule has 0 spiro atoms. The Bertz CT molecular complexity index is 426. The van der Waals surface area contributed by atoms with Crippen LogP contribution in [-0.2, 0) is 0 Å². The summed E-state index contributed by atoms with van der Waals surface area (Å²) >= 11 is 0. The third kappa shape index (κ3) is 2.97. The Morgan fingerprint density at radius 2 is 2.21 bits per heavy atom. The zero-order chi connectivity index (χ0) is 13.1. The Morgan fingerprint density at radius 3 is 3.11 bits per heavy atom. The summed E-state index contributed by atoms with van der Waals surface area (Å²) < 4.78 is 5.59. The van der Waals surface area contributed by atoms with Crippen molar-refractivity contribution in [2.45, 2.75) is 44.7 Å². The minimum atomic E-state index is 0.613. The first-order valence-electron chi connectivity index (χ1n) is 7.31. The molecule has 1 aromatic rings. The second kappa shape index (κ2) is 5.74. The molecule has 0 radical (unpaired) electrons. The Kier molecular flexibility index (Phi) is 3.82. The molecule has 2 aliphatic rings. The summed E-state index contributed by atoms with van der Waals surface area (Å²) in [6.07, 6.45) is 6.41. The van der Waals surface area contributed by atoms with Gasteiger partial charge in [0, 0.05) is 31.2 Å². The molecule has 2 bridgehead atoms. The maximum absolute atomic E-state index is 5.59. The Hall–Kier alpha value is -1.36. The third-order valence-corrected chi connectivity index (χ3v) is 3.93. The molecule has 2 aliphatic heterocycles. The number of aromatic nitrogens is 2. The van der Waals surface area contributed by atoms with E-state index in [2.05, 4.69) is 27.1 Å². The van der Waals surface area contributed by atoms with Crippen LogP contribution in [0.25, 0.3) is 0 Å². The maximum atomic E-state index is 5.59. The lowest BCUT2D eigenvalue weighted by atomic mass is 10.1. The van der Waals surface area contributed by atoms with E-state index in [1.165, 1.54) is 19.3 Å². The van der Waals surface area contributed by atoms with Crippen molar-refractivity contribution in [3.05, 3.63) is 12.4 Å². The molecule has 19 heavy (non-hydrogen) atoms. The van der Waals surface area contributed by atoms with E-state index in [1.807, 2.05) is 6.07 Å². The quantitative estimate of drug-likeness (QED) is 0.893. The SMILES string of the molecule is CCCOc1cc(N2CCC3CCC(C2)N3)ncn1. The first-order valence-corrected chi connectivity index (χ1v) is 7.31. The highest BCUT2D eigenvalue weighted by atomic mass is 16.5. The van der Waals surface area contributed by atoms with E-state index in [0.29, 0.717) is 24.6 Å². The molecule has 2 atom stereocenters. The number of ether oxygens (including phenoxy) is 1. The molecule has 2 saturated heterocycles. The van der Waals surface area contributed by atoms with Crippen LogP contribution in [0.3, 0.4) is 0 Å². The van der Waals surface area contributed by atoms with Gasteiger partial charge in [-0.2, -0.15) is 0 Å². The minimum Gasteiger partial charge on any atom is -0.478 e. The first kappa shape index (κ1) is 12.7. The van der Waals surface area contributed by atoms with Crippen LogP contribution in [0.2, 0.25) is 0 Å². The number of hydrogen-bond acceptors (Lipinski definition) is 5. The van der Waals surface area contributed by atoms with Gasteiger partial charge in [-0.3, -0.25) is 0 Å². The van der Waals surface area contributed by atoms with Crippen LogP contribution < -0.4 is 15.0 Å². The van der Waals surface area contributed by atoms with Crippen molar-refractivity contribution in [1.82, 2.24) is 15.3 Å². The van der Waals surface area contributed by atoms with Gasteiger partial charge < -0.3 is 15.0 Å². The molecule has 3 heterocycles. The van der Waals surface area contributed by atoms with Crippen LogP contribution in [-0.4, -0.2) is 41.7 Å². The molecule has 0 saturated carbocycles. The summed E-state index contributed by atoms with van der Waals surface area (Å²) in [6, 6.07) is 3.28. The van der Waals surface area contributed by atoms with Gasteiger partial charge in [0.25, 0.3) is 0 Å². The van der Waals surface area contributed by atoms with Gasteiger partial charge in [-0.05, 0) is 25.7 Å².